The van der Waals surface area contributed by atoms with Crippen LogP contribution >= 0.6 is 15.9 Å². The first-order valence-corrected chi connectivity index (χ1v) is 8.98. The fourth-order valence-corrected chi connectivity index (χ4v) is 3.04. The van der Waals surface area contributed by atoms with E-state index in [9.17, 15) is 0 Å². The van der Waals surface area contributed by atoms with Gasteiger partial charge in [-0.15, -0.1) is 0 Å². The maximum atomic E-state index is 4.73. The van der Waals surface area contributed by atoms with E-state index >= 15 is 0 Å². The van der Waals surface area contributed by atoms with Crippen LogP contribution < -0.4 is 0 Å². The minimum absolute atomic E-state index is 0.209. The third-order valence-electron chi connectivity index (χ3n) is 4.03. The van der Waals surface area contributed by atoms with Gasteiger partial charge in [0.05, 0.1) is 6.04 Å². The molecule has 0 saturated carbocycles. The van der Waals surface area contributed by atoms with E-state index in [4.69, 9.17) is 4.99 Å². The predicted octanol–water partition coefficient (Wildman–Crippen LogP) is 5.26. The van der Waals surface area contributed by atoms with E-state index in [2.05, 4.69) is 75.5 Å². The van der Waals surface area contributed by atoms with Gasteiger partial charge in [0.25, 0.3) is 0 Å². The molecule has 1 aliphatic heterocycles. The quantitative estimate of drug-likeness (QED) is 0.595. The first-order valence-electron chi connectivity index (χ1n) is 8.19. The molecule has 2 aromatic carbocycles. The lowest BCUT2D eigenvalue weighted by molar-refractivity contribution is 0.756. The normalized spacial score (nSPS) is 16.6. The summed E-state index contributed by atoms with van der Waals surface area (Å²) in [4.78, 5) is 9.22. The zero-order valence-corrected chi connectivity index (χ0v) is 14.7. The van der Waals surface area contributed by atoms with Crippen LogP contribution in [-0.4, -0.2) is 18.1 Å². The molecule has 1 atom stereocenters. The molecule has 0 saturated heterocycles. The van der Waals surface area contributed by atoms with Gasteiger partial charge in [-0.25, -0.2) is 4.99 Å². The molecule has 1 aliphatic rings. The highest BCUT2D eigenvalue weighted by Gasteiger charge is 2.12. The first kappa shape index (κ1) is 16.1. The molecule has 0 fully saturated rings. The fourth-order valence-electron chi connectivity index (χ4n) is 2.78. The second-order valence-corrected chi connectivity index (χ2v) is 6.83. The number of amidine groups is 1. The topological polar surface area (TPSA) is 24.7 Å². The molecule has 0 amide bonds. The summed E-state index contributed by atoms with van der Waals surface area (Å²) in [6.07, 6.45) is 7.39. The molecule has 0 bridgehead atoms. The van der Waals surface area contributed by atoms with E-state index in [0.717, 1.165) is 36.0 Å². The Morgan fingerprint density at radius 3 is 2.35 bits per heavy atom. The van der Waals surface area contributed by atoms with Crippen LogP contribution in [0.5, 0.6) is 0 Å². The highest BCUT2D eigenvalue weighted by Crippen LogP contribution is 2.15. The smallest absolute Gasteiger partial charge is 0.123 e. The van der Waals surface area contributed by atoms with Crippen LogP contribution in [0.15, 0.2) is 69.1 Å². The molecule has 3 rings (SSSR count). The van der Waals surface area contributed by atoms with Crippen molar-refractivity contribution in [3.05, 3.63) is 70.2 Å². The maximum absolute atomic E-state index is 4.73. The lowest BCUT2D eigenvalue weighted by Crippen LogP contribution is -2.07. The van der Waals surface area contributed by atoms with Crippen molar-refractivity contribution >= 4 is 28.0 Å². The summed E-state index contributed by atoms with van der Waals surface area (Å²) < 4.78 is 1.11. The molecule has 3 heteroatoms. The van der Waals surface area contributed by atoms with Gasteiger partial charge in [-0.3, -0.25) is 4.99 Å². The van der Waals surface area contributed by atoms with Crippen molar-refractivity contribution in [2.75, 3.05) is 0 Å². The van der Waals surface area contributed by atoms with Crippen molar-refractivity contribution < 1.29 is 0 Å². The number of hydrogen-bond acceptors (Lipinski definition) is 2. The number of aliphatic imine (C=N–C) groups is 2. The molecule has 0 spiro atoms. The van der Waals surface area contributed by atoms with Crippen molar-refractivity contribution in [2.24, 2.45) is 9.98 Å². The average molecular weight is 369 g/mol. The molecule has 118 valence electrons. The van der Waals surface area contributed by atoms with Crippen molar-refractivity contribution in [3.8, 4) is 0 Å². The zero-order valence-electron chi connectivity index (χ0n) is 13.2. The number of nitrogens with zero attached hydrogens (tertiary/aromatic N) is 2. The molecule has 2 nitrogen and oxygen atoms in total. The van der Waals surface area contributed by atoms with Crippen LogP contribution in [0.3, 0.4) is 0 Å². The second-order valence-electron chi connectivity index (χ2n) is 5.91. The number of unbranched alkanes of at least 4 members (excludes halogenated alkanes) is 1. The SMILES string of the molecule is Brc1ccc(CC2C=NC(CCCCc3ccccc3)=N2)cc1. The molecule has 1 unspecified atom stereocenters. The Kier molecular flexibility index (Phi) is 5.76. The minimum atomic E-state index is 0.209. The van der Waals surface area contributed by atoms with Gasteiger partial charge in [-0.05, 0) is 48.9 Å². The highest BCUT2D eigenvalue weighted by atomic mass is 79.9. The van der Waals surface area contributed by atoms with Crippen LogP contribution in [-0.2, 0) is 12.8 Å². The Morgan fingerprint density at radius 2 is 1.57 bits per heavy atom. The van der Waals surface area contributed by atoms with Crippen LogP contribution in [0.2, 0.25) is 0 Å². The summed E-state index contributed by atoms with van der Waals surface area (Å²) in [5.74, 6) is 1.01. The van der Waals surface area contributed by atoms with Crippen LogP contribution in [0.1, 0.15) is 30.4 Å². The summed E-state index contributed by atoms with van der Waals surface area (Å²) in [5.41, 5.74) is 2.72. The molecule has 0 N–H and O–H groups in total. The molecule has 0 aliphatic carbocycles. The van der Waals surface area contributed by atoms with Gasteiger partial charge in [0.15, 0.2) is 0 Å². The summed E-state index contributed by atoms with van der Waals surface area (Å²) in [6.45, 7) is 0. The Morgan fingerprint density at radius 1 is 0.826 bits per heavy atom. The average Bonchev–Trinajstić information content (AvgIpc) is 3.02. The van der Waals surface area contributed by atoms with Crippen molar-refractivity contribution in [2.45, 2.75) is 38.1 Å². The Labute approximate surface area is 146 Å². The van der Waals surface area contributed by atoms with Crippen molar-refractivity contribution in [3.63, 3.8) is 0 Å². The maximum Gasteiger partial charge on any atom is 0.123 e. The highest BCUT2D eigenvalue weighted by molar-refractivity contribution is 9.10. The lowest BCUT2D eigenvalue weighted by atomic mass is 10.1. The predicted molar refractivity (Wildman–Crippen MR) is 102 cm³/mol. The fraction of sp³-hybridized carbons (Fsp3) is 0.300. The molecular weight excluding hydrogens is 348 g/mol. The van der Waals surface area contributed by atoms with Crippen LogP contribution in [0.25, 0.3) is 0 Å². The third kappa shape index (κ3) is 5.14. The molecule has 0 radical (unpaired) electrons. The minimum Gasteiger partial charge on any atom is -0.261 e. The van der Waals surface area contributed by atoms with Gasteiger partial charge >= 0.3 is 0 Å². The molecule has 1 heterocycles. The summed E-state index contributed by atoms with van der Waals surface area (Å²) in [5, 5.41) is 0. The van der Waals surface area contributed by atoms with Crippen LogP contribution in [0.4, 0.5) is 0 Å². The largest absolute Gasteiger partial charge is 0.261 e. The lowest BCUT2D eigenvalue weighted by Gasteiger charge is -2.04. The molecule has 23 heavy (non-hydrogen) atoms. The number of rotatable bonds is 7. The van der Waals surface area contributed by atoms with Crippen molar-refractivity contribution in [1.82, 2.24) is 0 Å². The van der Waals surface area contributed by atoms with E-state index in [1.807, 2.05) is 6.21 Å². The Hall–Kier alpha value is -1.74. The second kappa shape index (κ2) is 8.21. The summed E-state index contributed by atoms with van der Waals surface area (Å²) in [6, 6.07) is 19.3. The van der Waals surface area contributed by atoms with Gasteiger partial charge in [0.2, 0.25) is 0 Å². The molecule has 2 aromatic rings. The van der Waals surface area contributed by atoms with Crippen molar-refractivity contribution in [1.29, 1.82) is 0 Å². The van der Waals surface area contributed by atoms with Crippen LogP contribution in [0, 0.1) is 0 Å². The number of benzene rings is 2. The van der Waals surface area contributed by atoms with Gasteiger partial charge in [-0.2, -0.15) is 0 Å². The monoisotopic (exact) mass is 368 g/mol. The Balaban J connectivity index is 1.41. The molecular formula is C20H21BrN2. The summed E-state index contributed by atoms with van der Waals surface area (Å²) >= 11 is 3.47. The zero-order chi connectivity index (χ0) is 15.9. The van der Waals surface area contributed by atoms with E-state index in [-0.39, 0.29) is 6.04 Å². The van der Waals surface area contributed by atoms with E-state index in [0.29, 0.717) is 0 Å². The first-order chi connectivity index (χ1) is 11.3. The standard InChI is InChI=1S/C20H21BrN2/c21-18-12-10-17(11-13-18)14-19-15-22-20(23-19)9-5-4-8-16-6-2-1-3-7-16/h1-3,6-7,10-13,15,19H,4-5,8-9,14H2. The van der Waals surface area contributed by atoms with Gasteiger partial charge in [0.1, 0.15) is 5.84 Å². The van der Waals surface area contributed by atoms with Gasteiger partial charge in [-0.1, -0.05) is 58.4 Å². The number of hydrogen-bond donors (Lipinski definition) is 0. The summed E-state index contributed by atoms with van der Waals surface area (Å²) in [7, 11) is 0. The Bertz CT molecular complexity index is 675. The third-order valence-corrected chi connectivity index (χ3v) is 4.56. The van der Waals surface area contributed by atoms with E-state index in [1.54, 1.807) is 0 Å². The van der Waals surface area contributed by atoms with Gasteiger partial charge in [0, 0.05) is 17.1 Å². The van der Waals surface area contributed by atoms with Gasteiger partial charge < -0.3 is 0 Å². The molecule has 0 aromatic heterocycles. The number of aryl methyl sites for hydroxylation is 1. The number of halogens is 1. The van der Waals surface area contributed by atoms with E-state index in [1.165, 1.54) is 17.5 Å². The van der Waals surface area contributed by atoms with E-state index < -0.39 is 0 Å².